The first-order valence-electron chi connectivity index (χ1n) is 3.25. The highest BCUT2D eigenvalue weighted by molar-refractivity contribution is 7.20. The van der Waals surface area contributed by atoms with Crippen molar-refractivity contribution < 1.29 is 9.53 Å². The molecule has 0 aromatic heterocycles. The summed E-state index contributed by atoms with van der Waals surface area (Å²) in [6, 6.07) is 0. The predicted molar refractivity (Wildman–Crippen MR) is 44.7 cm³/mol. The molecule has 58 valence electrons. The average molecular weight is 160 g/mol. The van der Waals surface area contributed by atoms with Gasteiger partial charge in [-0.15, -0.1) is 9.24 Å². The molecule has 10 heavy (non-hydrogen) atoms. The molecular formula is C7H13O2P. The van der Waals surface area contributed by atoms with E-state index in [1.54, 1.807) is 5.82 Å². The summed E-state index contributed by atoms with van der Waals surface area (Å²) < 4.78 is 4.54. The van der Waals surface area contributed by atoms with Crippen molar-refractivity contribution in [3.63, 3.8) is 0 Å². The summed E-state index contributed by atoms with van der Waals surface area (Å²) >= 11 is 0. The van der Waals surface area contributed by atoms with Gasteiger partial charge in [-0.05, 0) is 6.42 Å². The number of hydrogen-bond donors (Lipinski definition) is 0. The zero-order valence-corrected chi connectivity index (χ0v) is 7.54. The number of ether oxygens (including phenoxy) is 1. The van der Waals surface area contributed by atoms with Crippen molar-refractivity contribution in [2.45, 2.75) is 19.8 Å². The number of hydrogen-bond acceptors (Lipinski definition) is 2. The van der Waals surface area contributed by atoms with E-state index in [0.29, 0.717) is 0 Å². The molecule has 0 aromatic carbocycles. The van der Waals surface area contributed by atoms with Crippen molar-refractivity contribution in [3.8, 4) is 0 Å². The van der Waals surface area contributed by atoms with Crippen molar-refractivity contribution in [2.24, 2.45) is 0 Å². The minimum Gasteiger partial charge on any atom is -0.466 e. The molecule has 0 aliphatic heterocycles. The minimum absolute atomic E-state index is 0.225. The van der Waals surface area contributed by atoms with Gasteiger partial charge in [-0.25, -0.2) is 4.79 Å². The summed E-state index contributed by atoms with van der Waals surface area (Å²) in [5, 5.41) is 0. The molecule has 0 aliphatic rings. The summed E-state index contributed by atoms with van der Waals surface area (Å²) in [5.41, 5.74) is 0.731. The molecule has 0 saturated heterocycles. The summed E-state index contributed by atoms with van der Waals surface area (Å²) in [5.74, 6) is 1.49. The van der Waals surface area contributed by atoms with Gasteiger partial charge in [0.25, 0.3) is 0 Å². The van der Waals surface area contributed by atoms with Crippen LogP contribution in [0.1, 0.15) is 19.8 Å². The number of carbonyl (C=O) groups excluding carboxylic acids is 1. The van der Waals surface area contributed by atoms with Crippen LogP contribution in [0.3, 0.4) is 0 Å². The van der Waals surface area contributed by atoms with Gasteiger partial charge in [0.1, 0.15) is 0 Å². The first kappa shape index (κ1) is 9.64. The van der Waals surface area contributed by atoms with E-state index in [-0.39, 0.29) is 5.97 Å². The number of methoxy groups -OCH3 is 1. The van der Waals surface area contributed by atoms with Gasteiger partial charge in [-0.1, -0.05) is 19.2 Å². The van der Waals surface area contributed by atoms with Crippen molar-refractivity contribution >= 4 is 15.2 Å². The molecule has 0 radical (unpaired) electrons. The predicted octanol–water partition coefficient (Wildman–Crippen LogP) is 1.72. The lowest BCUT2D eigenvalue weighted by molar-refractivity contribution is -0.136. The Balaban J connectivity index is 3.95. The molecule has 0 aliphatic carbocycles. The van der Waals surface area contributed by atoms with Gasteiger partial charge in [0, 0.05) is 5.57 Å². The van der Waals surface area contributed by atoms with Crippen molar-refractivity contribution in [2.75, 3.05) is 7.11 Å². The first-order valence-corrected chi connectivity index (χ1v) is 3.92. The van der Waals surface area contributed by atoms with E-state index in [0.717, 1.165) is 18.4 Å². The fourth-order valence-corrected chi connectivity index (χ4v) is 0.957. The molecule has 0 aromatic rings. The number of esters is 1. The van der Waals surface area contributed by atoms with E-state index >= 15 is 0 Å². The van der Waals surface area contributed by atoms with E-state index in [4.69, 9.17) is 0 Å². The average Bonchev–Trinajstić information content (AvgIpc) is 1.99. The maximum absolute atomic E-state index is 10.8. The van der Waals surface area contributed by atoms with Crippen LogP contribution in [0, 0.1) is 0 Å². The van der Waals surface area contributed by atoms with Crippen LogP contribution in [0.2, 0.25) is 0 Å². The topological polar surface area (TPSA) is 26.3 Å². The van der Waals surface area contributed by atoms with Gasteiger partial charge in [-0.2, -0.15) is 0 Å². The molecule has 0 rings (SSSR count). The molecule has 0 bridgehead atoms. The second kappa shape index (κ2) is 5.43. The molecular weight excluding hydrogens is 147 g/mol. The number of carbonyl (C=O) groups is 1. The summed E-state index contributed by atoms with van der Waals surface area (Å²) in [4.78, 5) is 10.8. The largest absolute Gasteiger partial charge is 0.466 e. The maximum Gasteiger partial charge on any atom is 0.333 e. The van der Waals surface area contributed by atoms with Gasteiger partial charge in [0.05, 0.1) is 7.11 Å². The zero-order chi connectivity index (χ0) is 7.98. The van der Waals surface area contributed by atoms with Crippen LogP contribution in [0.25, 0.3) is 0 Å². The highest BCUT2D eigenvalue weighted by Gasteiger charge is 2.05. The van der Waals surface area contributed by atoms with Crippen LogP contribution in [0.15, 0.2) is 11.4 Å². The van der Waals surface area contributed by atoms with Gasteiger partial charge >= 0.3 is 5.97 Å². The molecule has 2 nitrogen and oxygen atoms in total. The lowest BCUT2D eigenvalue weighted by Crippen LogP contribution is -2.03. The molecule has 1 atom stereocenters. The fourth-order valence-electron chi connectivity index (χ4n) is 0.654. The van der Waals surface area contributed by atoms with Gasteiger partial charge in [-0.3, -0.25) is 0 Å². The van der Waals surface area contributed by atoms with E-state index in [1.165, 1.54) is 7.11 Å². The van der Waals surface area contributed by atoms with Crippen molar-refractivity contribution in [1.82, 2.24) is 0 Å². The molecule has 0 heterocycles. The van der Waals surface area contributed by atoms with Crippen LogP contribution in [0.5, 0.6) is 0 Å². The Bertz CT molecular complexity index is 141. The van der Waals surface area contributed by atoms with E-state index in [1.807, 2.05) is 6.92 Å². The molecule has 1 unspecified atom stereocenters. The first-order chi connectivity index (χ1) is 4.76. The smallest absolute Gasteiger partial charge is 0.333 e. The Labute approximate surface area is 63.8 Å². The highest BCUT2D eigenvalue weighted by atomic mass is 31.0. The molecule has 0 fully saturated rings. The maximum atomic E-state index is 10.8. The second-order valence-corrected chi connectivity index (χ2v) is 2.27. The monoisotopic (exact) mass is 160 g/mol. The van der Waals surface area contributed by atoms with Crippen LogP contribution in [-0.4, -0.2) is 13.1 Å². The molecule has 0 amide bonds. The standard InChI is InChI=1S/C7H13O2P/c1-3-4-6(5-10)7(8)9-2/h5H,3-4,10H2,1-2H3. The molecule has 0 N–H and O–H groups in total. The Morgan fingerprint density at radius 2 is 2.30 bits per heavy atom. The van der Waals surface area contributed by atoms with Gasteiger partial charge in [0.15, 0.2) is 0 Å². The SMILES string of the molecule is CCCC(=CP)C(=O)OC. The van der Waals surface area contributed by atoms with Crippen molar-refractivity contribution in [1.29, 1.82) is 0 Å². The van der Waals surface area contributed by atoms with Gasteiger partial charge in [0.2, 0.25) is 0 Å². The highest BCUT2D eigenvalue weighted by Crippen LogP contribution is 2.08. The van der Waals surface area contributed by atoms with E-state index in [2.05, 4.69) is 14.0 Å². The van der Waals surface area contributed by atoms with E-state index in [9.17, 15) is 4.79 Å². The summed E-state index contributed by atoms with van der Waals surface area (Å²) in [6.07, 6.45) is 1.76. The summed E-state index contributed by atoms with van der Waals surface area (Å²) in [6.45, 7) is 2.02. The van der Waals surface area contributed by atoms with E-state index < -0.39 is 0 Å². The zero-order valence-electron chi connectivity index (χ0n) is 6.39. The van der Waals surface area contributed by atoms with Gasteiger partial charge < -0.3 is 4.74 Å². The Kier molecular flexibility index (Phi) is 5.23. The third kappa shape index (κ3) is 2.98. The molecule has 0 spiro atoms. The quantitative estimate of drug-likeness (QED) is 0.357. The van der Waals surface area contributed by atoms with Crippen LogP contribution in [-0.2, 0) is 9.53 Å². The Morgan fingerprint density at radius 3 is 2.60 bits per heavy atom. The van der Waals surface area contributed by atoms with Crippen LogP contribution in [0.4, 0.5) is 0 Å². The molecule has 3 heteroatoms. The summed E-state index contributed by atoms with van der Waals surface area (Å²) in [7, 11) is 3.80. The lowest BCUT2D eigenvalue weighted by Gasteiger charge is -2.00. The third-order valence-corrected chi connectivity index (χ3v) is 1.57. The Morgan fingerprint density at radius 1 is 1.70 bits per heavy atom. The Hall–Kier alpha value is -0.360. The normalized spacial score (nSPS) is 11.3. The second-order valence-electron chi connectivity index (χ2n) is 1.93. The van der Waals surface area contributed by atoms with Crippen LogP contribution >= 0.6 is 9.24 Å². The minimum atomic E-state index is -0.225. The number of rotatable bonds is 3. The lowest BCUT2D eigenvalue weighted by atomic mass is 10.2. The van der Waals surface area contributed by atoms with Crippen LogP contribution < -0.4 is 0 Å². The fraction of sp³-hybridized carbons (Fsp3) is 0.571. The van der Waals surface area contributed by atoms with Crippen molar-refractivity contribution in [3.05, 3.63) is 11.4 Å². The third-order valence-electron chi connectivity index (χ3n) is 1.17. The molecule has 0 saturated carbocycles.